The fourth-order valence-corrected chi connectivity index (χ4v) is 1.40. The minimum absolute atomic E-state index is 0.407. The highest BCUT2D eigenvalue weighted by Gasteiger charge is 2.04. The van der Waals surface area contributed by atoms with Gasteiger partial charge in [0.25, 0.3) is 0 Å². The van der Waals surface area contributed by atoms with E-state index in [1.165, 1.54) is 5.56 Å². The van der Waals surface area contributed by atoms with Crippen molar-refractivity contribution < 1.29 is 4.79 Å². The van der Waals surface area contributed by atoms with Crippen molar-refractivity contribution in [1.82, 2.24) is 0 Å². The van der Waals surface area contributed by atoms with E-state index in [1.54, 1.807) is 0 Å². The summed E-state index contributed by atoms with van der Waals surface area (Å²) in [4.78, 5) is 12.3. The molecule has 2 heteroatoms. The van der Waals surface area contributed by atoms with Crippen LogP contribution in [0, 0.1) is 6.92 Å². The Bertz CT molecular complexity index is 344. The first-order valence-corrected chi connectivity index (χ1v) is 4.57. The van der Waals surface area contributed by atoms with Gasteiger partial charge >= 0.3 is 0 Å². The van der Waals surface area contributed by atoms with Gasteiger partial charge in [-0.25, -0.2) is 0 Å². The monoisotopic (exact) mass is 189 g/mol. The lowest BCUT2D eigenvalue weighted by molar-refractivity contribution is -0.106. The van der Waals surface area contributed by atoms with E-state index in [0.717, 1.165) is 17.5 Å². The SMILES string of the molecule is C=Cc1cc(C)ccc1N(C)CC=O. The Morgan fingerprint density at radius 2 is 2.21 bits per heavy atom. The van der Waals surface area contributed by atoms with Crippen LogP contribution in [-0.2, 0) is 4.79 Å². The maximum Gasteiger partial charge on any atom is 0.139 e. The molecule has 0 N–H and O–H groups in total. The van der Waals surface area contributed by atoms with E-state index in [9.17, 15) is 4.79 Å². The first kappa shape index (κ1) is 10.5. The Hall–Kier alpha value is -1.57. The van der Waals surface area contributed by atoms with Gasteiger partial charge in [0.2, 0.25) is 0 Å². The lowest BCUT2D eigenvalue weighted by atomic mass is 10.1. The van der Waals surface area contributed by atoms with Crippen molar-refractivity contribution in [3.63, 3.8) is 0 Å². The molecule has 0 fully saturated rings. The van der Waals surface area contributed by atoms with E-state index in [-0.39, 0.29) is 0 Å². The number of hydrogen-bond donors (Lipinski definition) is 0. The lowest BCUT2D eigenvalue weighted by Crippen LogP contribution is -2.20. The number of rotatable bonds is 4. The van der Waals surface area contributed by atoms with Crippen LogP contribution in [0.1, 0.15) is 11.1 Å². The first-order chi connectivity index (χ1) is 6.69. The minimum Gasteiger partial charge on any atom is -0.367 e. The number of aryl methyl sites for hydroxylation is 1. The number of carbonyl (C=O) groups excluding carboxylic acids is 1. The summed E-state index contributed by atoms with van der Waals surface area (Å²) >= 11 is 0. The summed E-state index contributed by atoms with van der Waals surface area (Å²) in [5, 5.41) is 0. The third-order valence-corrected chi connectivity index (χ3v) is 2.16. The number of carbonyl (C=O) groups is 1. The Kier molecular flexibility index (Phi) is 3.46. The molecule has 0 unspecified atom stereocenters. The Balaban J connectivity index is 3.06. The zero-order valence-corrected chi connectivity index (χ0v) is 8.66. The number of benzene rings is 1. The Morgan fingerprint density at radius 3 is 2.79 bits per heavy atom. The molecule has 0 aliphatic rings. The van der Waals surface area contributed by atoms with Crippen molar-refractivity contribution in [2.45, 2.75) is 6.92 Å². The molecule has 0 spiro atoms. The molecule has 0 saturated carbocycles. The van der Waals surface area contributed by atoms with E-state index in [0.29, 0.717) is 6.54 Å². The van der Waals surface area contributed by atoms with Gasteiger partial charge in [0.1, 0.15) is 6.29 Å². The maximum atomic E-state index is 10.4. The van der Waals surface area contributed by atoms with Crippen LogP contribution in [0.15, 0.2) is 24.8 Å². The summed E-state index contributed by atoms with van der Waals surface area (Å²) < 4.78 is 0. The topological polar surface area (TPSA) is 20.3 Å². The first-order valence-electron chi connectivity index (χ1n) is 4.57. The second-order valence-electron chi connectivity index (χ2n) is 3.31. The molecule has 0 heterocycles. The van der Waals surface area contributed by atoms with Crippen molar-refractivity contribution in [3.8, 4) is 0 Å². The molecule has 0 aliphatic heterocycles. The molecule has 0 aromatic heterocycles. The van der Waals surface area contributed by atoms with Crippen LogP contribution in [0.25, 0.3) is 6.08 Å². The molecule has 1 aromatic carbocycles. The minimum atomic E-state index is 0.407. The average Bonchev–Trinajstić information content (AvgIpc) is 2.17. The second kappa shape index (κ2) is 4.61. The molecular weight excluding hydrogens is 174 g/mol. The van der Waals surface area contributed by atoms with Gasteiger partial charge in [-0.2, -0.15) is 0 Å². The van der Waals surface area contributed by atoms with Crippen LogP contribution in [0.2, 0.25) is 0 Å². The summed E-state index contributed by atoms with van der Waals surface area (Å²) in [5.41, 5.74) is 3.30. The Labute approximate surface area is 84.9 Å². The van der Waals surface area contributed by atoms with E-state index < -0.39 is 0 Å². The highest BCUT2D eigenvalue weighted by Crippen LogP contribution is 2.21. The van der Waals surface area contributed by atoms with Crippen LogP contribution in [0.5, 0.6) is 0 Å². The Morgan fingerprint density at radius 1 is 1.50 bits per heavy atom. The molecule has 74 valence electrons. The third-order valence-electron chi connectivity index (χ3n) is 2.16. The van der Waals surface area contributed by atoms with Crippen molar-refractivity contribution in [2.75, 3.05) is 18.5 Å². The summed E-state index contributed by atoms with van der Waals surface area (Å²) in [6, 6.07) is 6.10. The van der Waals surface area contributed by atoms with Gasteiger partial charge < -0.3 is 9.69 Å². The van der Waals surface area contributed by atoms with Gasteiger partial charge in [-0.15, -0.1) is 0 Å². The summed E-state index contributed by atoms with van der Waals surface area (Å²) in [6.45, 7) is 6.21. The summed E-state index contributed by atoms with van der Waals surface area (Å²) in [6.07, 6.45) is 2.70. The predicted octanol–water partition coefficient (Wildman–Crippen LogP) is 2.27. The molecule has 0 aliphatic carbocycles. The highest BCUT2D eigenvalue weighted by molar-refractivity contribution is 5.70. The number of anilines is 1. The quantitative estimate of drug-likeness (QED) is 0.677. The largest absolute Gasteiger partial charge is 0.367 e. The number of nitrogens with zero attached hydrogens (tertiary/aromatic N) is 1. The van der Waals surface area contributed by atoms with Gasteiger partial charge in [0.05, 0.1) is 6.54 Å². The zero-order valence-electron chi connectivity index (χ0n) is 8.66. The van der Waals surface area contributed by atoms with Crippen molar-refractivity contribution in [1.29, 1.82) is 0 Å². The average molecular weight is 189 g/mol. The molecule has 2 nitrogen and oxygen atoms in total. The van der Waals surface area contributed by atoms with Gasteiger partial charge in [-0.1, -0.05) is 24.3 Å². The fraction of sp³-hybridized carbons (Fsp3) is 0.250. The molecule has 0 saturated heterocycles. The van der Waals surface area contributed by atoms with Gasteiger partial charge in [0.15, 0.2) is 0 Å². The standard InChI is InChI=1S/C12H15NO/c1-4-11-9-10(2)5-6-12(11)13(3)7-8-14/h4-6,8-9H,1,7H2,2-3H3. The third kappa shape index (κ3) is 2.22. The van der Waals surface area contributed by atoms with Crippen LogP contribution in [0.4, 0.5) is 5.69 Å². The van der Waals surface area contributed by atoms with Crippen molar-refractivity contribution in [3.05, 3.63) is 35.9 Å². The predicted molar refractivity (Wildman–Crippen MR) is 60.6 cm³/mol. The lowest BCUT2D eigenvalue weighted by Gasteiger charge is -2.18. The fourth-order valence-electron chi connectivity index (χ4n) is 1.40. The summed E-state index contributed by atoms with van der Waals surface area (Å²) in [5.74, 6) is 0. The molecule has 0 bridgehead atoms. The van der Waals surface area contributed by atoms with Gasteiger partial charge in [0, 0.05) is 12.7 Å². The second-order valence-corrected chi connectivity index (χ2v) is 3.31. The van der Waals surface area contributed by atoms with Gasteiger partial charge in [-0.3, -0.25) is 0 Å². The van der Waals surface area contributed by atoms with E-state index in [1.807, 2.05) is 37.1 Å². The highest BCUT2D eigenvalue weighted by atomic mass is 16.1. The van der Waals surface area contributed by atoms with Crippen LogP contribution in [0.3, 0.4) is 0 Å². The smallest absolute Gasteiger partial charge is 0.139 e. The molecular formula is C12H15NO. The van der Waals surface area contributed by atoms with Crippen LogP contribution in [-0.4, -0.2) is 19.9 Å². The summed E-state index contributed by atoms with van der Waals surface area (Å²) in [7, 11) is 1.89. The zero-order chi connectivity index (χ0) is 10.6. The molecule has 1 rings (SSSR count). The normalized spacial score (nSPS) is 9.57. The number of hydrogen-bond acceptors (Lipinski definition) is 2. The van der Waals surface area contributed by atoms with E-state index in [2.05, 4.69) is 12.6 Å². The van der Waals surface area contributed by atoms with Crippen molar-refractivity contribution >= 4 is 18.0 Å². The van der Waals surface area contributed by atoms with Gasteiger partial charge in [-0.05, 0) is 24.6 Å². The molecule has 0 radical (unpaired) electrons. The van der Waals surface area contributed by atoms with E-state index in [4.69, 9.17) is 0 Å². The number of likely N-dealkylation sites (N-methyl/N-ethyl adjacent to an activating group) is 1. The number of aldehydes is 1. The molecule has 0 atom stereocenters. The van der Waals surface area contributed by atoms with E-state index >= 15 is 0 Å². The van der Waals surface area contributed by atoms with Crippen LogP contribution < -0.4 is 4.90 Å². The molecule has 14 heavy (non-hydrogen) atoms. The molecule has 1 aromatic rings. The maximum absolute atomic E-state index is 10.4. The van der Waals surface area contributed by atoms with Crippen LogP contribution >= 0.6 is 0 Å². The molecule has 0 amide bonds. The van der Waals surface area contributed by atoms with Crippen molar-refractivity contribution in [2.24, 2.45) is 0 Å².